The summed E-state index contributed by atoms with van der Waals surface area (Å²) in [6.45, 7) is 0.0156. The van der Waals surface area contributed by atoms with Crippen molar-refractivity contribution < 1.29 is 13.8 Å². The van der Waals surface area contributed by atoms with E-state index in [0.29, 0.717) is 16.9 Å². The number of nitrogen functional groups attached to an aromatic ring is 1. The molecule has 25 heavy (non-hydrogen) atoms. The number of fused-ring (bicyclic) bond motifs is 1. The van der Waals surface area contributed by atoms with Crippen LogP contribution >= 0.6 is 18.0 Å². The van der Waals surface area contributed by atoms with Crippen molar-refractivity contribution in [2.45, 2.75) is 19.6 Å². The van der Waals surface area contributed by atoms with Crippen LogP contribution in [0.1, 0.15) is 13.8 Å². The number of imidazole rings is 1. The van der Waals surface area contributed by atoms with Gasteiger partial charge in [0.05, 0.1) is 6.33 Å². The summed E-state index contributed by atoms with van der Waals surface area (Å²) in [5.41, 5.74) is 5.83. The molecule has 1 atom stereocenters. The zero-order valence-electron chi connectivity index (χ0n) is 13.7. The average molecular weight is 382 g/mol. The smallest absolute Gasteiger partial charge is 0.361 e. The van der Waals surface area contributed by atoms with E-state index >= 15 is 0 Å². The first-order valence-electron chi connectivity index (χ1n) is 7.40. The van der Waals surface area contributed by atoms with E-state index in [1.807, 2.05) is 6.07 Å². The lowest BCUT2D eigenvalue weighted by atomic mass is 10.3. The molecule has 0 fully saturated rings. The lowest BCUT2D eigenvalue weighted by molar-refractivity contribution is -0.0551. The Morgan fingerprint density at radius 3 is 2.68 bits per heavy atom. The molecule has 2 heterocycles. The van der Waals surface area contributed by atoms with E-state index in [1.54, 1.807) is 42.7 Å². The van der Waals surface area contributed by atoms with Crippen molar-refractivity contribution in [3.8, 4) is 5.75 Å². The van der Waals surface area contributed by atoms with Gasteiger partial charge in [-0.1, -0.05) is 18.2 Å². The number of hydrogen-bond acceptors (Lipinski definition) is 7. The highest BCUT2D eigenvalue weighted by Gasteiger charge is 2.30. The van der Waals surface area contributed by atoms with Crippen molar-refractivity contribution in [1.82, 2.24) is 19.5 Å². The molecule has 8 nitrogen and oxygen atoms in total. The molecule has 10 heteroatoms. The van der Waals surface area contributed by atoms with Crippen LogP contribution in [0, 0.1) is 0 Å². The largest absolute Gasteiger partial charge is 0.431 e. The highest BCUT2D eigenvalue weighted by atomic mass is 35.7. The van der Waals surface area contributed by atoms with E-state index in [2.05, 4.69) is 15.0 Å². The Morgan fingerprint density at radius 2 is 1.96 bits per heavy atom. The molecule has 2 N–H and O–H groups in total. The van der Waals surface area contributed by atoms with Crippen LogP contribution in [0.15, 0.2) is 43.0 Å². The third kappa shape index (κ3) is 3.92. The van der Waals surface area contributed by atoms with Gasteiger partial charge in [-0.15, -0.1) is 0 Å². The van der Waals surface area contributed by atoms with Crippen molar-refractivity contribution in [3.63, 3.8) is 0 Å². The Labute approximate surface area is 149 Å². The molecule has 132 valence electrons. The molecule has 0 amide bonds. The van der Waals surface area contributed by atoms with Crippen molar-refractivity contribution >= 4 is 34.9 Å². The van der Waals surface area contributed by atoms with Crippen LogP contribution in [-0.4, -0.2) is 25.9 Å². The summed E-state index contributed by atoms with van der Waals surface area (Å²) in [5.74, 6) is 0.686. The van der Waals surface area contributed by atoms with Crippen LogP contribution in [0.2, 0.25) is 0 Å². The number of benzene rings is 1. The Morgan fingerprint density at radius 1 is 1.24 bits per heavy atom. The number of anilines is 1. The zero-order chi connectivity index (χ0) is 18.1. The highest BCUT2D eigenvalue weighted by Crippen LogP contribution is 2.53. The van der Waals surface area contributed by atoms with Gasteiger partial charge in [0.2, 0.25) is 0 Å². The summed E-state index contributed by atoms with van der Waals surface area (Å²) in [4.78, 5) is 12.3. The van der Waals surface area contributed by atoms with Gasteiger partial charge in [0.15, 0.2) is 17.8 Å². The summed E-state index contributed by atoms with van der Waals surface area (Å²) in [6.07, 6.45) is 2.58. The number of para-hydroxylation sites is 1. The number of halogens is 1. The number of aromatic nitrogens is 4. The van der Waals surface area contributed by atoms with Crippen LogP contribution in [0.4, 0.5) is 5.82 Å². The second kappa shape index (κ2) is 6.63. The summed E-state index contributed by atoms with van der Waals surface area (Å²) >= 11 is 6.02. The number of nitrogens with two attached hydrogens (primary N) is 1. The van der Waals surface area contributed by atoms with Crippen LogP contribution < -0.4 is 10.3 Å². The lowest BCUT2D eigenvalue weighted by Crippen LogP contribution is -2.30. The minimum Gasteiger partial charge on any atom is -0.431 e. The molecule has 3 aromatic rings. The predicted octanol–water partition coefficient (Wildman–Crippen LogP) is 3.59. The van der Waals surface area contributed by atoms with Gasteiger partial charge in [0.25, 0.3) is 0 Å². The van der Waals surface area contributed by atoms with Crippen LogP contribution in [-0.2, 0) is 15.0 Å². The van der Waals surface area contributed by atoms with E-state index in [-0.39, 0.29) is 12.2 Å². The number of ether oxygens (including phenoxy) is 1. The molecule has 0 bridgehead atoms. The first-order valence-corrected chi connectivity index (χ1v) is 10.1. The molecule has 0 spiro atoms. The molecule has 0 saturated heterocycles. The molecule has 0 unspecified atom stereocenters. The minimum absolute atomic E-state index is 0.273. The van der Waals surface area contributed by atoms with Crippen molar-refractivity contribution in [3.05, 3.63) is 43.0 Å². The summed E-state index contributed by atoms with van der Waals surface area (Å²) in [6, 6.07) is 8.69. The molecule has 0 aliphatic rings. The molecule has 0 radical (unpaired) electrons. The van der Waals surface area contributed by atoms with Crippen molar-refractivity contribution in [2.75, 3.05) is 12.1 Å². The maximum Gasteiger partial charge on any atom is 0.361 e. The fourth-order valence-corrected chi connectivity index (χ4v) is 3.56. The van der Waals surface area contributed by atoms with Gasteiger partial charge in [-0.3, -0.25) is 9.13 Å². The monoisotopic (exact) mass is 381 g/mol. The SMILES string of the molecule is CC(C)(OC[P@](=O)(Cl)Oc1ccccc1)n1cnc2c(N)ncnc21. The van der Waals surface area contributed by atoms with Gasteiger partial charge >= 0.3 is 6.72 Å². The van der Waals surface area contributed by atoms with E-state index in [4.69, 9.17) is 26.2 Å². The molecular formula is C15H17ClN5O3P. The van der Waals surface area contributed by atoms with Gasteiger partial charge in [-0.2, -0.15) is 0 Å². The van der Waals surface area contributed by atoms with Crippen LogP contribution in [0.25, 0.3) is 11.2 Å². The Bertz CT molecular complexity index is 931. The second-order valence-corrected chi connectivity index (χ2v) is 8.93. The van der Waals surface area contributed by atoms with Crippen molar-refractivity contribution in [1.29, 1.82) is 0 Å². The molecule has 2 aromatic heterocycles. The maximum atomic E-state index is 12.5. The van der Waals surface area contributed by atoms with E-state index in [9.17, 15) is 4.57 Å². The molecule has 0 aliphatic heterocycles. The maximum absolute atomic E-state index is 12.5. The molecule has 0 saturated carbocycles. The minimum atomic E-state index is -3.52. The van der Waals surface area contributed by atoms with Crippen LogP contribution in [0.5, 0.6) is 5.75 Å². The number of hydrogen-bond donors (Lipinski definition) is 1. The number of rotatable bonds is 6. The Balaban J connectivity index is 1.76. The molecule has 3 rings (SSSR count). The third-order valence-electron chi connectivity index (χ3n) is 3.50. The molecular weight excluding hydrogens is 365 g/mol. The fraction of sp³-hybridized carbons (Fsp3) is 0.267. The topological polar surface area (TPSA) is 105 Å². The average Bonchev–Trinajstić information content (AvgIpc) is 3.00. The third-order valence-corrected chi connectivity index (χ3v) is 4.92. The van der Waals surface area contributed by atoms with E-state index in [1.165, 1.54) is 12.7 Å². The van der Waals surface area contributed by atoms with Crippen LogP contribution in [0.3, 0.4) is 0 Å². The normalized spacial score (nSPS) is 14.4. The van der Waals surface area contributed by atoms with E-state index in [0.717, 1.165) is 0 Å². The summed E-state index contributed by atoms with van der Waals surface area (Å²) in [7, 11) is 0. The standard InChI is InChI=1S/C15H17ClN5O3P/c1-15(2,21-9-20-12-13(17)18-8-19-14(12)21)23-10-25(16,22)24-11-6-4-3-5-7-11/h3-9H,10H2,1-2H3,(H2,17,18,19)/t25-/m1/s1. The van der Waals surface area contributed by atoms with Crippen molar-refractivity contribution in [2.24, 2.45) is 0 Å². The van der Waals surface area contributed by atoms with Gasteiger partial charge < -0.3 is 15.0 Å². The molecule has 0 aliphatic carbocycles. The number of nitrogens with zero attached hydrogens (tertiary/aromatic N) is 4. The van der Waals surface area contributed by atoms with E-state index < -0.39 is 12.4 Å². The highest BCUT2D eigenvalue weighted by molar-refractivity contribution is 7.85. The Kier molecular flexibility index (Phi) is 4.69. The lowest BCUT2D eigenvalue weighted by Gasteiger charge is -2.28. The second-order valence-electron chi connectivity index (χ2n) is 5.76. The Hall–Kier alpha value is -2.15. The van der Waals surface area contributed by atoms with Gasteiger partial charge in [0, 0.05) is 0 Å². The molecule has 1 aromatic carbocycles. The van der Waals surface area contributed by atoms with Gasteiger partial charge in [0.1, 0.15) is 23.3 Å². The first-order chi connectivity index (χ1) is 11.8. The van der Waals surface area contributed by atoms with Gasteiger partial charge in [-0.05, 0) is 37.2 Å². The van der Waals surface area contributed by atoms with Gasteiger partial charge in [-0.25, -0.2) is 15.0 Å². The quantitative estimate of drug-likeness (QED) is 0.650. The first kappa shape index (κ1) is 17.7. The fourth-order valence-electron chi connectivity index (χ4n) is 2.22. The zero-order valence-corrected chi connectivity index (χ0v) is 15.3. The summed E-state index contributed by atoms with van der Waals surface area (Å²) < 4.78 is 25.2. The summed E-state index contributed by atoms with van der Waals surface area (Å²) in [5, 5.41) is 0. The predicted molar refractivity (Wildman–Crippen MR) is 95.5 cm³/mol.